The van der Waals surface area contributed by atoms with Crippen molar-refractivity contribution in [1.29, 1.82) is 0 Å². The van der Waals surface area contributed by atoms with Crippen molar-refractivity contribution in [1.82, 2.24) is 0 Å². The molecule has 0 saturated carbocycles. The van der Waals surface area contributed by atoms with Crippen molar-refractivity contribution in [3.05, 3.63) is 35.4 Å². The highest BCUT2D eigenvalue weighted by Gasteiger charge is 2.34. The summed E-state index contributed by atoms with van der Waals surface area (Å²) < 4.78 is 65.3. The number of anilines is 2. The Morgan fingerprint density at radius 3 is 1.47 bits per heavy atom. The van der Waals surface area contributed by atoms with E-state index < -0.39 is 64.8 Å². The number of benzene rings is 2. The third-order valence-electron chi connectivity index (χ3n) is 4.50. The molecule has 0 amide bonds. The predicted molar refractivity (Wildman–Crippen MR) is 102 cm³/mol. The van der Waals surface area contributed by atoms with Crippen LogP contribution in [-0.4, -0.2) is 60.3 Å². The number of fused-ring (bicyclic) bond motifs is 4. The minimum absolute atomic E-state index is 0.161. The van der Waals surface area contributed by atoms with Crippen molar-refractivity contribution < 1.29 is 46.1 Å². The van der Waals surface area contributed by atoms with Crippen molar-refractivity contribution in [3.8, 4) is 11.5 Å². The Morgan fingerprint density at radius 1 is 0.800 bits per heavy atom. The van der Waals surface area contributed by atoms with Gasteiger partial charge in [0.15, 0.2) is 0 Å². The molecule has 0 unspecified atom stereocenters. The van der Waals surface area contributed by atoms with Crippen LogP contribution in [0.4, 0.5) is 11.4 Å². The van der Waals surface area contributed by atoms with Gasteiger partial charge in [-0.1, -0.05) is 12.1 Å². The maximum absolute atomic E-state index is 12.0. The average Bonchev–Trinajstić information content (AvgIpc) is 2.61. The molecule has 4 bridgehead atoms. The lowest BCUT2D eigenvalue weighted by molar-refractivity contribution is -0.137. The predicted octanol–water partition coefficient (Wildman–Crippen LogP) is 0.645. The average molecular weight is 460 g/mol. The minimum atomic E-state index is -4.79. The first kappa shape index (κ1) is 21.6. The first-order valence-electron chi connectivity index (χ1n) is 8.21. The van der Waals surface area contributed by atoms with Gasteiger partial charge in [-0.25, -0.2) is 0 Å². The first-order valence-corrected chi connectivity index (χ1v) is 11.1. The van der Waals surface area contributed by atoms with E-state index in [2.05, 4.69) is 10.6 Å². The normalized spacial score (nSPS) is 14.9. The number of carbonyl (C=O) groups is 1. The van der Waals surface area contributed by atoms with E-state index in [9.17, 15) is 46.1 Å². The number of nitrogens with one attached hydrogen (secondary N) is 2. The van der Waals surface area contributed by atoms with E-state index in [-0.39, 0.29) is 24.2 Å². The summed E-state index contributed by atoms with van der Waals surface area (Å²) in [5, 5.41) is 36.0. The summed E-state index contributed by atoms with van der Waals surface area (Å²) in [5.74, 6) is -4.90. The molecule has 0 saturated heterocycles. The lowest BCUT2D eigenvalue weighted by Gasteiger charge is -2.20. The number of rotatable bonds is 3. The van der Waals surface area contributed by atoms with Crippen LogP contribution in [-0.2, 0) is 25.0 Å². The summed E-state index contributed by atoms with van der Waals surface area (Å²) in [7, 11) is -9.58. The molecule has 0 radical (unpaired) electrons. The number of aliphatic carboxylic acids is 1. The highest BCUT2D eigenvalue weighted by molar-refractivity contribution is 7.86. The van der Waals surface area contributed by atoms with Crippen LogP contribution >= 0.6 is 0 Å². The van der Waals surface area contributed by atoms with Gasteiger partial charge >= 0.3 is 5.97 Å². The van der Waals surface area contributed by atoms with Crippen LogP contribution in [0.15, 0.2) is 34.1 Å². The van der Waals surface area contributed by atoms with E-state index in [0.717, 1.165) is 24.3 Å². The molecule has 0 aromatic heterocycles. The van der Waals surface area contributed by atoms with Gasteiger partial charge in [0, 0.05) is 24.2 Å². The third kappa shape index (κ3) is 3.72. The van der Waals surface area contributed by atoms with Crippen molar-refractivity contribution in [2.24, 2.45) is 0 Å². The van der Waals surface area contributed by atoms with Crippen LogP contribution in [0.25, 0.3) is 0 Å². The Kier molecular flexibility index (Phi) is 5.28. The number of aromatic hydroxyl groups is 2. The number of phenolic OH excluding ortho intramolecular Hbond substituents is 2. The second-order valence-corrected chi connectivity index (χ2v) is 9.11. The topological polar surface area (TPSA) is 211 Å². The fraction of sp³-hybridized carbons (Fsp3) is 0.188. The van der Waals surface area contributed by atoms with Crippen LogP contribution in [0.3, 0.4) is 0 Å². The minimum Gasteiger partial charge on any atom is -0.505 e. The number of hydrogen-bond donors (Lipinski definition) is 7. The molecule has 7 N–H and O–H groups in total. The van der Waals surface area contributed by atoms with Crippen LogP contribution in [0.2, 0.25) is 0 Å². The van der Waals surface area contributed by atoms with Crippen LogP contribution < -0.4 is 10.6 Å². The fourth-order valence-electron chi connectivity index (χ4n) is 3.22. The zero-order valence-electron chi connectivity index (χ0n) is 14.9. The van der Waals surface area contributed by atoms with Gasteiger partial charge in [-0.2, -0.15) is 16.8 Å². The number of hydrogen-bond acceptors (Lipinski definition) is 9. The summed E-state index contributed by atoms with van der Waals surface area (Å²) in [5.41, 5.74) is -1.60. The van der Waals surface area contributed by atoms with E-state index in [1.807, 2.05) is 0 Å². The van der Waals surface area contributed by atoms with Gasteiger partial charge < -0.3 is 26.0 Å². The molecule has 12 nitrogen and oxygen atoms in total. The molecule has 0 atom stereocenters. The van der Waals surface area contributed by atoms with Gasteiger partial charge in [0.05, 0.1) is 11.4 Å². The number of carboxylic acids is 1. The Balaban J connectivity index is 2.37. The van der Waals surface area contributed by atoms with E-state index in [0.29, 0.717) is 0 Å². The highest BCUT2D eigenvalue weighted by atomic mass is 32.2. The Labute approximate surface area is 170 Å². The second kappa shape index (κ2) is 7.32. The van der Waals surface area contributed by atoms with E-state index in [1.165, 1.54) is 0 Å². The maximum Gasteiger partial charge on any atom is 0.315 e. The zero-order valence-corrected chi connectivity index (χ0v) is 16.5. The van der Waals surface area contributed by atoms with Crippen molar-refractivity contribution in [2.45, 2.75) is 15.7 Å². The molecule has 162 valence electrons. The van der Waals surface area contributed by atoms with Crippen LogP contribution in [0.5, 0.6) is 11.5 Å². The van der Waals surface area contributed by atoms with Gasteiger partial charge in [0.1, 0.15) is 27.2 Å². The van der Waals surface area contributed by atoms with Crippen molar-refractivity contribution in [3.63, 3.8) is 0 Å². The smallest absolute Gasteiger partial charge is 0.315 e. The van der Waals surface area contributed by atoms with E-state index in [4.69, 9.17) is 0 Å². The number of phenols is 2. The Bertz CT molecular complexity index is 1160. The second-order valence-electron chi connectivity index (χ2n) is 6.33. The quantitative estimate of drug-likeness (QED) is 0.248. The van der Waals surface area contributed by atoms with Gasteiger partial charge in [0.25, 0.3) is 20.2 Å². The largest absolute Gasteiger partial charge is 0.505 e. The van der Waals surface area contributed by atoms with Gasteiger partial charge in [-0.05, 0) is 12.1 Å². The van der Waals surface area contributed by atoms with Gasteiger partial charge in [-0.3, -0.25) is 13.9 Å². The van der Waals surface area contributed by atoms with Crippen molar-refractivity contribution >= 4 is 37.6 Å². The summed E-state index contributed by atoms with van der Waals surface area (Å²) >= 11 is 0. The highest BCUT2D eigenvalue weighted by Crippen LogP contribution is 2.45. The maximum atomic E-state index is 12.0. The molecule has 0 fully saturated rings. The molecule has 1 heterocycles. The van der Waals surface area contributed by atoms with Crippen LogP contribution in [0.1, 0.15) is 17.0 Å². The molecular weight excluding hydrogens is 444 g/mol. The Hall–Kier alpha value is -3.07. The standard InChI is InChI=1S/C16H16N2O10S2/c19-14-7-1-3-9(29(23,24)25)12(14)17-5-6-18-13-10(30(26,27)28)4-2-8(15(13)20)11(7)16(21)22/h1-4,11,17-20H,5-6H2,(H,21,22)(H,23,24,25)(H,26,27,28). The van der Waals surface area contributed by atoms with Crippen molar-refractivity contribution in [2.75, 3.05) is 23.7 Å². The molecule has 0 aliphatic carbocycles. The number of carboxylic acid groups (broad SMARTS) is 1. The SMILES string of the molecule is O=C(O)C1c2ccc(S(=O)(=O)O)c(c2O)NCCNc2c(S(=O)(=O)O)ccc1c2O. The van der Waals surface area contributed by atoms with E-state index in [1.54, 1.807) is 0 Å². The molecule has 2 aromatic carbocycles. The van der Waals surface area contributed by atoms with Gasteiger partial charge in [-0.15, -0.1) is 0 Å². The molecular formula is C16H16N2O10S2. The molecule has 3 rings (SSSR count). The summed E-state index contributed by atoms with van der Waals surface area (Å²) in [6, 6.07) is 3.67. The molecule has 1 aliphatic heterocycles. The van der Waals surface area contributed by atoms with Gasteiger partial charge in [0.2, 0.25) is 0 Å². The summed E-state index contributed by atoms with van der Waals surface area (Å²) in [6.45, 7) is -0.322. The molecule has 2 aromatic rings. The van der Waals surface area contributed by atoms with E-state index >= 15 is 0 Å². The summed E-state index contributed by atoms with van der Waals surface area (Å²) in [6.07, 6.45) is 0. The lowest BCUT2D eigenvalue weighted by Crippen LogP contribution is -2.17. The molecule has 1 aliphatic rings. The third-order valence-corrected chi connectivity index (χ3v) is 6.29. The first-order chi connectivity index (χ1) is 13.8. The molecule has 0 spiro atoms. The summed E-state index contributed by atoms with van der Waals surface area (Å²) in [4.78, 5) is 10.6. The lowest BCUT2D eigenvalue weighted by atomic mass is 9.89. The molecule has 30 heavy (non-hydrogen) atoms. The Morgan fingerprint density at radius 2 is 1.17 bits per heavy atom. The monoisotopic (exact) mass is 460 g/mol. The fourth-order valence-corrected chi connectivity index (χ4v) is 4.56. The molecule has 14 heteroatoms. The zero-order chi connectivity index (χ0) is 22.4. The van der Waals surface area contributed by atoms with Crippen LogP contribution in [0, 0.1) is 0 Å².